The van der Waals surface area contributed by atoms with E-state index in [4.69, 9.17) is 10.8 Å². The maximum absolute atomic E-state index is 10.5. The van der Waals surface area contributed by atoms with Crippen LogP contribution in [0.5, 0.6) is 0 Å². The Hall–Kier alpha value is -0.621. The van der Waals surface area contributed by atoms with Crippen molar-refractivity contribution in [3.63, 3.8) is 0 Å². The van der Waals surface area contributed by atoms with Crippen molar-refractivity contribution in [3.05, 3.63) is 35.9 Å². The third kappa shape index (κ3) is 9.85. The Morgan fingerprint density at radius 1 is 1.24 bits per heavy atom. The number of nitrogens with two attached hydrogens (primary N) is 1. The third-order valence-electron chi connectivity index (χ3n) is 2.81. The van der Waals surface area contributed by atoms with Crippen LogP contribution in [0.3, 0.4) is 0 Å². The number of hydrogen-bond acceptors (Lipinski definition) is 4. The van der Waals surface area contributed by atoms with Crippen LogP contribution < -0.4 is 11.1 Å². The molecule has 0 heterocycles. The fourth-order valence-corrected chi connectivity index (χ4v) is 3.69. The number of rotatable bonds is 10. The number of aliphatic carboxylic acids is 1. The van der Waals surface area contributed by atoms with Crippen molar-refractivity contribution in [2.75, 3.05) is 0 Å². The summed E-state index contributed by atoms with van der Waals surface area (Å²) in [5.41, 5.74) is 6.56. The second-order valence-corrected chi connectivity index (χ2v) is 7.09. The first-order chi connectivity index (χ1) is 9.59. The van der Waals surface area contributed by atoms with Crippen molar-refractivity contribution in [1.29, 1.82) is 0 Å². The van der Waals surface area contributed by atoms with Crippen LogP contribution in [0.25, 0.3) is 0 Å². The van der Waals surface area contributed by atoms with E-state index >= 15 is 0 Å². The maximum atomic E-state index is 10.5. The molecule has 1 rings (SSSR count). The number of halogens is 1. The molecule has 2 atom stereocenters. The molecule has 1 unspecified atom stereocenters. The van der Waals surface area contributed by atoms with Crippen LogP contribution in [0.15, 0.2) is 30.3 Å². The van der Waals surface area contributed by atoms with E-state index in [0.29, 0.717) is 34.3 Å². The van der Waals surface area contributed by atoms with Crippen LogP contribution in [-0.2, 0) is 11.3 Å². The van der Waals surface area contributed by atoms with E-state index in [-0.39, 0.29) is 12.4 Å². The molecule has 7 heteroatoms. The van der Waals surface area contributed by atoms with Gasteiger partial charge in [0, 0.05) is 0 Å². The summed E-state index contributed by atoms with van der Waals surface area (Å²) in [5, 5.41) is 23.2. The molecular formula is C14H23ClN2O3Se. The van der Waals surface area contributed by atoms with E-state index in [1.165, 1.54) is 0 Å². The fourth-order valence-electron chi connectivity index (χ4n) is 1.56. The van der Waals surface area contributed by atoms with Crippen molar-refractivity contribution < 1.29 is 15.0 Å². The summed E-state index contributed by atoms with van der Waals surface area (Å²) in [6.07, 6.45) is 0.697. The summed E-state index contributed by atoms with van der Waals surface area (Å²) in [5.74, 6) is -0.939. The van der Waals surface area contributed by atoms with Gasteiger partial charge in [0.2, 0.25) is 0 Å². The van der Waals surface area contributed by atoms with Crippen LogP contribution in [-0.4, -0.2) is 43.4 Å². The number of carboxylic acid groups (broad SMARTS) is 1. The number of hydrogen-bond donors (Lipinski definition) is 4. The standard InChI is InChI=1S/C14H22N2O3Se.ClH/c15-12(14(18)19)6-8-20-9-7-13(17)16-10-11-4-2-1-3-5-11;/h1-5,12-13,16-17H,6-10,15H2,(H,18,19);1H/t12-,13?;/m0./s1. The van der Waals surface area contributed by atoms with Crippen molar-refractivity contribution >= 4 is 33.3 Å². The van der Waals surface area contributed by atoms with Gasteiger partial charge < -0.3 is 0 Å². The fraction of sp³-hybridized carbons (Fsp3) is 0.500. The minimum absolute atomic E-state index is 0. The number of carboxylic acids is 1. The first-order valence-corrected chi connectivity index (χ1v) is 9.03. The van der Waals surface area contributed by atoms with E-state index in [9.17, 15) is 9.90 Å². The molecule has 0 bridgehead atoms. The predicted molar refractivity (Wildman–Crippen MR) is 86.7 cm³/mol. The Bertz CT molecular complexity index is 395. The van der Waals surface area contributed by atoms with Gasteiger partial charge in [-0.15, -0.1) is 12.4 Å². The van der Waals surface area contributed by atoms with Crippen molar-refractivity contribution in [2.24, 2.45) is 5.73 Å². The second kappa shape index (κ2) is 12.0. The average Bonchev–Trinajstić information content (AvgIpc) is 2.45. The average molecular weight is 382 g/mol. The van der Waals surface area contributed by atoms with E-state index in [1.807, 2.05) is 30.3 Å². The first kappa shape index (κ1) is 20.4. The van der Waals surface area contributed by atoms with Crippen molar-refractivity contribution in [1.82, 2.24) is 5.32 Å². The van der Waals surface area contributed by atoms with Crippen LogP contribution in [0, 0.1) is 0 Å². The van der Waals surface area contributed by atoms with Crippen LogP contribution in [0.2, 0.25) is 10.6 Å². The van der Waals surface area contributed by atoms with E-state index in [0.717, 1.165) is 16.2 Å². The summed E-state index contributed by atoms with van der Waals surface area (Å²) < 4.78 is 0. The molecule has 0 saturated carbocycles. The van der Waals surface area contributed by atoms with Gasteiger partial charge in [0.25, 0.3) is 0 Å². The third-order valence-corrected chi connectivity index (χ3v) is 5.01. The van der Waals surface area contributed by atoms with Gasteiger partial charge in [-0.1, -0.05) is 0 Å². The molecule has 0 aliphatic carbocycles. The molecule has 1 aromatic carbocycles. The van der Waals surface area contributed by atoms with Gasteiger partial charge in [-0.05, 0) is 0 Å². The molecule has 0 aliphatic rings. The number of carbonyl (C=O) groups is 1. The number of benzene rings is 1. The van der Waals surface area contributed by atoms with Gasteiger partial charge >= 0.3 is 125 Å². The van der Waals surface area contributed by atoms with E-state index in [2.05, 4.69) is 5.32 Å². The minimum atomic E-state index is -0.939. The summed E-state index contributed by atoms with van der Waals surface area (Å²) >= 11 is 0.336. The summed E-state index contributed by atoms with van der Waals surface area (Å²) in [4.78, 5) is 10.5. The number of nitrogens with one attached hydrogen (secondary N) is 1. The number of aliphatic hydroxyl groups excluding tert-OH is 1. The Morgan fingerprint density at radius 2 is 1.86 bits per heavy atom. The Morgan fingerprint density at radius 3 is 2.48 bits per heavy atom. The zero-order chi connectivity index (χ0) is 14.8. The molecule has 120 valence electrons. The molecule has 0 amide bonds. The molecule has 1 aromatic rings. The van der Waals surface area contributed by atoms with Crippen molar-refractivity contribution in [2.45, 2.75) is 42.3 Å². The van der Waals surface area contributed by atoms with Gasteiger partial charge in [-0.3, -0.25) is 0 Å². The SMILES string of the molecule is Cl.N[C@@H](CC[Se]CCC(O)NCc1ccccc1)C(=O)O. The molecule has 0 fully saturated rings. The topological polar surface area (TPSA) is 95.6 Å². The van der Waals surface area contributed by atoms with Crippen molar-refractivity contribution in [3.8, 4) is 0 Å². The molecule has 0 aromatic heterocycles. The van der Waals surface area contributed by atoms with E-state index in [1.54, 1.807) is 0 Å². The zero-order valence-electron chi connectivity index (χ0n) is 11.8. The second-order valence-electron chi connectivity index (χ2n) is 4.52. The molecular weight excluding hydrogens is 359 g/mol. The summed E-state index contributed by atoms with van der Waals surface area (Å²) in [7, 11) is 0. The van der Waals surface area contributed by atoms with Gasteiger partial charge in [0.1, 0.15) is 0 Å². The summed E-state index contributed by atoms with van der Waals surface area (Å²) in [6, 6.07) is 9.17. The van der Waals surface area contributed by atoms with Crippen LogP contribution in [0.1, 0.15) is 18.4 Å². The Kier molecular flexibility index (Phi) is 11.6. The summed E-state index contributed by atoms with van der Waals surface area (Å²) in [6.45, 7) is 0.652. The number of aliphatic hydroxyl groups is 1. The van der Waals surface area contributed by atoms with E-state index < -0.39 is 18.2 Å². The van der Waals surface area contributed by atoms with Gasteiger partial charge in [0.15, 0.2) is 0 Å². The monoisotopic (exact) mass is 382 g/mol. The first-order valence-electron chi connectivity index (χ1n) is 6.61. The molecule has 0 radical (unpaired) electrons. The molecule has 0 spiro atoms. The van der Waals surface area contributed by atoms with Gasteiger partial charge in [-0.25, -0.2) is 0 Å². The Balaban J connectivity index is 0.00000400. The molecule has 0 saturated heterocycles. The normalized spacial score (nSPS) is 13.2. The van der Waals surface area contributed by atoms with Gasteiger partial charge in [0.05, 0.1) is 0 Å². The Labute approximate surface area is 137 Å². The van der Waals surface area contributed by atoms with Gasteiger partial charge in [-0.2, -0.15) is 0 Å². The zero-order valence-corrected chi connectivity index (χ0v) is 14.3. The molecule has 0 aliphatic heterocycles. The molecule has 5 nitrogen and oxygen atoms in total. The van der Waals surface area contributed by atoms with Crippen LogP contribution in [0.4, 0.5) is 0 Å². The quantitative estimate of drug-likeness (QED) is 0.278. The predicted octanol–water partition coefficient (Wildman–Crippen LogP) is 1.25. The molecule has 5 N–H and O–H groups in total. The molecule has 21 heavy (non-hydrogen) atoms. The van der Waals surface area contributed by atoms with Crippen LogP contribution >= 0.6 is 12.4 Å².